The van der Waals surface area contributed by atoms with Crippen LogP contribution in [0.1, 0.15) is 6.92 Å². The summed E-state index contributed by atoms with van der Waals surface area (Å²) in [5.41, 5.74) is -0.251. The van der Waals surface area contributed by atoms with Gasteiger partial charge in [-0.3, -0.25) is 9.52 Å². The lowest BCUT2D eigenvalue weighted by Crippen LogP contribution is -2.29. The van der Waals surface area contributed by atoms with Crippen LogP contribution < -0.4 is 9.62 Å². The van der Waals surface area contributed by atoms with Crippen molar-refractivity contribution in [2.24, 2.45) is 5.92 Å². The molecule has 0 saturated carbocycles. The fourth-order valence-corrected chi connectivity index (χ4v) is 3.15. The highest BCUT2D eigenvalue weighted by molar-refractivity contribution is 7.92. The van der Waals surface area contributed by atoms with E-state index in [0.29, 0.717) is 11.9 Å². The number of nitrogens with zero attached hydrogens (tertiary/aromatic N) is 2. The maximum Gasteiger partial charge on any atom is 0.308 e. The molecular formula is C16H17F2N3O4S. The molecule has 0 fully saturated rings. The normalized spacial score (nSPS) is 12.5. The Labute approximate surface area is 149 Å². The second-order valence-corrected chi connectivity index (χ2v) is 7.42. The summed E-state index contributed by atoms with van der Waals surface area (Å²) in [5, 5.41) is 8.92. The minimum atomic E-state index is -4.08. The Morgan fingerprint density at radius 1 is 1.27 bits per heavy atom. The number of carbonyl (C=O) groups is 1. The predicted molar refractivity (Wildman–Crippen MR) is 91.5 cm³/mol. The molecule has 140 valence electrons. The highest BCUT2D eigenvalue weighted by Gasteiger charge is 2.18. The number of aromatic nitrogens is 1. The zero-order valence-electron chi connectivity index (χ0n) is 14.0. The summed E-state index contributed by atoms with van der Waals surface area (Å²) in [6.07, 6.45) is 1.08. The van der Waals surface area contributed by atoms with E-state index in [2.05, 4.69) is 9.71 Å². The Kier molecular flexibility index (Phi) is 5.76. The lowest BCUT2D eigenvalue weighted by molar-refractivity contribution is -0.140. The van der Waals surface area contributed by atoms with Crippen LogP contribution in [0.25, 0.3) is 0 Å². The summed E-state index contributed by atoms with van der Waals surface area (Å²) < 4.78 is 53.0. The van der Waals surface area contributed by atoms with Crippen LogP contribution in [0.3, 0.4) is 0 Å². The molecule has 0 saturated heterocycles. The molecule has 2 N–H and O–H groups in total. The summed E-state index contributed by atoms with van der Waals surface area (Å²) in [5.74, 6) is -3.03. The van der Waals surface area contributed by atoms with Crippen LogP contribution in [0.5, 0.6) is 0 Å². The fourth-order valence-electron chi connectivity index (χ4n) is 2.17. The van der Waals surface area contributed by atoms with Crippen molar-refractivity contribution in [2.75, 3.05) is 23.2 Å². The molecule has 0 aliphatic heterocycles. The molecule has 7 nitrogen and oxygen atoms in total. The van der Waals surface area contributed by atoms with Crippen molar-refractivity contribution in [1.82, 2.24) is 4.98 Å². The van der Waals surface area contributed by atoms with Gasteiger partial charge in [-0.1, -0.05) is 6.92 Å². The van der Waals surface area contributed by atoms with Crippen LogP contribution in [0.2, 0.25) is 0 Å². The number of carboxylic acids is 1. The number of benzene rings is 1. The molecule has 2 rings (SSSR count). The van der Waals surface area contributed by atoms with E-state index in [1.807, 2.05) is 0 Å². The van der Waals surface area contributed by atoms with Gasteiger partial charge in [0, 0.05) is 25.9 Å². The van der Waals surface area contributed by atoms with Gasteiger partial charge in [-0.25, -0.2) is 22.2 Å². The number of nitrogens with one attached hydrogen (secondary N) is 1. The van der Waals surface area contributed by atoms with Crippen molar-refractivity contribution in [2.45, 2.75) is 11.8 Å². The van der Waals surface area contributed by atoms with Crippen molar-refractivity contribution < 1.29 is 27.1 Å². The van der Waals surface area contributed by atoms with E-state index in [0.717, 1.165) is 18.3 Å². The van der Waals surface area contributed by atoms with Crippen molar-refractivity contribution in [3.8, 4) is 0 Å². The maximum atomic E-state index is 13.2. The molecule has 2 aromatic rings. The van der Waals surface area contributed by atoms with Gasteiger partial charge in [0.2, 0.25) is 0 Å². The first-order chi connectivity index (χ1) is 12.1. The second kappa shape index (κ2) is 7.65. The van der Waals surface area contributed by atoms with E-state index in [9.17, 15) is 22.0 Å². The van der Waals surface area contributed by atoms with Gasteiger partial charge in [0.25, 0.3) is 10.0 Å². The van der Waals surface area contributed by atoms with Gasteiger partial charge in [0.15, 0.2) is 0 Å². The number of halogens is 2. The van der Waals surface area contributed by atoms with Crippen molar-refractivity contribution in [3.05, 3.63) is 48.2 Å². The average Bonchev–Trinajstić information content (AvgIpc) is 2.53. The molecule has 0 amide bonds. The summed E-state index contributed by atoms with van der Waals surface area (Å²) in [4.78, 5) is 16.3. The lowest BCUT2D eigenvalue weighted by Gasteiger charge is -2.20. The highest BCUT2D eigenvalue weighted by Crippen LogP contribution is 2.20. The van der Waals surface area contributed by atoms with Gasteiger partial charge in [0.05, 0.1) is 11.6 Å². The Bertz CT molecular complexity index is 884. The van der Waals surface area contributed by atoms with Crippen LogP contribution >= 0.6 is 0 Å². The zero-order valence-corrected chi connectivity index (χ0v) is 14.8. The first kappa shape index (κ1) is 19.6. The molecule has 0 radical (unpaired) electrons. The van der Waals surface area contributed by atoms with Gasteiger partial charge in [-0.15, -0.1) is 0 Å². The molecule has 1 aromatic heterocycles. The van der Waals surface area contributed by atoms with Crippen molar-refractivity contribution in [1.29, 1.82) is 0 Å². The highest BCUT2D eigenvalue weighted by atomic mass is 32.2. The number of aliphatic carboxylic acids is 1. The third-order valence-corrected chi connectivity index (χ3v) is 4.87. The summed E-state index contributed by atoms with van der Waals surface area (Å²) in [6.45, 7) is 1.73. The topological polar surface area (TPSA) is 99.6 Å². The molecular weight excluding hydrogens is 368 g/mol. The molecule has 1 aromatic carbocycles. The Balaban J connectivity index is 2.16. The molecule has 26 heavy (non-hydrogen) atoms. The van der Waals surface area contributed by atoms with E-state index < -0.39 is 33.5 Å². The fraction of sp³-hybridized carbons (Fsp3) is 0.250. The van der Waals surface area contributed by atoms with Crippen LogP contribution in [0, 0.1) is 17.6 Å². The predicted octanol–water partition coefficient (Wildman–Crippen LogP) is 2.32. The molecule has 0 aliphatic carbocycles. The molecule has 10 heteroatoms. The summed E-state index contributed by atoms with van der Waals surface area (Å²) in [7, 11) is -2.46. The van der Waals surface area contributed by atoms with Crippen LogP contribution in [-0.2, 0) is 14.8 Å². The molecule has 0 bridgehead atoms. The SMILES string of the molecule is CC(CN(C)c1ccc(S(=O)(=O)Nc2cc(F)cc(F)c2)cn1)C(=O)O. The van der Waals surface area contributed by atoms with Crippen LogP contribution in [0.15, 0.2) is 41.4 Å². The lowest BCUT2D eigenvalue weighted by atomic mass is 10.2. The first-order valence-corrected chi connectivity index (χ1v) is 8.95. The van der Waals surface area contributed by atoms with Crippen molar-refractivity contribution in [3.63, 3.8) is 0 Å². The largest absolute Gasteiger partial charge is 0.481 e. The second-order valence-electron chi connectivity index (χ2n) is 5.74. The summed E-state index contributed by atoms with van der Waals surface area (Å²) >= 11 is 0. The molecule has 0 aliphatic rings. The van der Waals surface area contributed by atoms with E-state index in [1.54, 1.807) is 18.9 Å². The smallest absolute Gasteiger partial charge is 0.308 e. The maximum absolute atomic E-state index is 13.2. The van der Waals surface area contributed by atoms with E-state index >= 15 is 0 Å². The third-order valence-electron chi connectivity index (χ3n) is 3.51. The van der Waals surface area contributed by atoms with Crippen LogP contribution in [-0.4, -0.2) is 38.1 Å². The third kappa shape index (κ3) is 4.88. The minimum Gasteiger partial charge on any atom is -0.481 e. The zero-order chi connectivity index (χ0) is 19.5. The Hall–Kier alpha value is -2.75. The number of rotatable bonds is 7. The van der Waals surface area contributed by atoms with E-state index in [1.165, 1.54) is 12.1 Å². The standard InChI is InChI=1S/C16H17F2N3O4S/c1-10(16(22)23)9-21(2)15-4-3-14(8-19-15)26(24,25)20-13-6-11(17)5-12(18)7-13/h3-8,10,20H,9H2,1-2H3,(H,22,23). The number of hydrogen-bond donors (Lipinski definition) is 2. The van der Waals surface area contributed by atoms with E-state index in [4.69, 9.17) is 5.11 Å². The Morgan fingerprint density at radius 3 is 2.38 bits per heavy atom. The van der Waals surface area contributed by atoms with Gasteiger partial charge < -0.3 is 10.0 Å². The quantitative estimate of drug-likeness (QED) is 0.759. The number of anilines is 2. The number of hydrogen-bond acceptors (Lipinski definition) is 5. The van der Waals surface area contributed by atoms with E-state index in [-0.39, 0.29) is 17.1 Å². The molecule has 1 atom stereocenters. The van der Waals surface area contributed by atoms with Gasteiger partial charge in [0.1, 0.15) is 22.3 Å². The van der Waals surface area contributed by atoms with Gasteiger partial charge in [-0.05, 0) is 24.3 Å². The minimum absolute atomic E-state index is 0.190. The molecule has 0 spiro atoms. The Morgan fingerprint density at radius 2 is 1.88 bits per heavy atom. The number of pyridine rings is 1. The number of carboxylic acid groups (broad SMARTS) is 1. The first-order valence-electron chi connectivity index (χ1n) is 7.47. The molecule has 1 heterocycles. The van der Waals surface area contributed by atoms with Crippen LogP contribution in [0.4, 0.5) is 20.3 Å². The van der Waals surface area contributed by atoms with Gasteiger partial charge in [-0.2, -0.15) is 0 Å². The number of sulfonamides is 1. The summed E-state index contributed by atoms with van der Waals surface area (Å²) in [6, 6.07) is 5.01. The monoisotopic (exact) mass is 385 g/mol. The van der Waals surface area contributed by atoms with Gasteiger partial charge >= 0.3 is 5.97 Å². The van der Waals surface area contributed by atoms with Crippen molar-refractivity contribution >= 4 is 27.5 Å². The molecule has 1 unspecified atom stereocenters. The average molecular weight is 385 g/mol.